The molecular formula is C11H19N3O3S. The summed E-state index contributed by atoms with van der Waals surface area (Å²) in [6.45, 7) is 4.32. The molecule has 6 nitrogen and oxygen atoms in total. The van der Waals surface area contributed by atoms with Crippen LogP contribution >= 0.6 is 0 Å². The normalized spacial score (nSPS) is 12.4. The van der Waals surface area contributed by atoms with Gasteiger partial charge in [-0.05, 0) is 18.9 Å². The molecule has 0 spiro atoms. The second-order valence-electron chi connectivity index (χ2n) is 4.24. The molecule has 7 heteroatoms. The van der Waals surface area contributed by atoms with Gasteiger partial charge in [0, 0.05) is 11.6 Å². The SMILES string of the molecule is CCC(N)(CC)COc1ccc(S(N)(=O)=O)cn1. The molecule has 0 atom stereocenters. The van der Waals surface area contributed by atoms with E-state index in [9.17, 15) is 8.42 Å². The quantitative estimate of drug-likeness (QED) is 0.790. The van der Waals surface area contributed by atoms with Crippen LogP contribution in [-0.4, -0.2) is 25.5 Å². The Hall–Kier alpha value is -1.18. The zero-order chi connectivity index (χ0) is 13.8. The van der Waals surface area contributed by atoms with E-state index in [1.165, 1.54) is 18.3 Å². The van der Waals surface area contributed by atoms with Gasteiger partial charge in [-0.25, -0.2) is 18.5 Å². The van der Waals surface area contributed by atoms with Crippen LogP contribution < -0.4 is 15.6 Å². The molecular weight excluding hydrogens is 254 g/mol. The van der Waals surface area contributed by atoms with Crippen molar-refractivity contribution in [3.8, 4) is 5.88 Å². The van der Waals surface area contributed by atoms with Gasteiger partial charge in [0.15, 0.2) is 0 Å². The van der Waals surface area contributed by atoms with E-state index in [0.29, 0.717) is 12.5 Å². The first-order valence-electron chi connectivity index (χ1n) is 5.71. The van der Waals surface area contributed by atoms with Gasteiger partial charge in [-0.1, -0.05) is 13.8 Å². The lowest BCUT2D eigenvalue weighted by Crippen LogP contribution is -2.44. The van der Waals surface area contributed by atoms with Crippen LogP contribution in [0, 0.1) is 0 Å². The predicted molar refractivity (Wildman–Crippen MR) is 68.6 cm³/mol. The van der Waals surface area contributed by atoms with Gasteiger partial charge < -0.3 is 10.5 Å². The third kappa shape index (κ3) is 3.94. The Morgan fingerprint density at radius 1 is 1.33 bits per heavy atom. The molecule has 4 N–H and O–H groups in total. The average Bonchev–Trinajstić information content (AvgIpc) is 2.35. The van der Waals surface area contributed by atoms with Crippen molar-refractivity contribution in [1.29, 1.82) is 0 Å². The zero-order valence-electron chi connectivity index (χ0n) is 10.6. The number of hydrogen-bond acceptors (Lipinski definition) is 5. The largest absolute Gasteiger partial charge is 0.476 e. The van der Waals surface area contributed by atoms with Crippen LogP contribution in [0.15, 0.2) is 23.2 Å². The van der Waals surface area contributed by atoms with Crippen molar-refractivity contribution in [3.05, 3.63) is 18.3 Å². The first kappa shape index (κ1) is 14.9. The fourth-order valence-corrected chi connectivity index (χ4v) is 1.75. The predicted octanol–water partition coefficient (Wildman–Crippen LogP) is 0.625. The van der Waals surface area contributed by atoms with Gasteiger partial charge in [0.05, 0.1) is 6.20 Å². The molecule has 0 saturated carbocycles. The van der Waals surface area contributed by atoms with E-state index in [-0.39, 0.29) is 10.4 Å². The Labute approximate surface area is 107 Å². The van der Waals surface area contributed by atoms with Crippen LogP contribution in [-0.2, 0) is 10.0 Å². The van der Waals surface area contributed by atoms with Crippen molar-refractivity contribution in [2.24, 2.45) is 10.9 Å². The topological polar surface area (TPSA) is 108 Å². The minimum Gasteiger partial charge on any atom is -0.476 e. The number of pyridine rings is 1. The van der Waals surface area contributed by atoms with Crippen LogP contribution in [0.3, 0.4) is 0 Å². The molecule has 1 heterocycles. The number of sulfonamides is 1. The molecule has 0 saturated heterocycles. The molecule has 102 valence electrons. The van der Waals surface area contributed by atoms with E-state index < -0.39 is 10.0 Å². The van der Waals surface area contributed by atoms with Crippen LogP contribution in [0.1, 0.15) is 26.7 Å². The fraction of sp³-hybridized carbons (Fsp3) is 0.545. The highest BCUT2D eigenvalue weighted by molar-refractivity contribution is 7.89. The van der Waals surface area contributed by atoms with Crippen LogP contribution in [0.25, 0.3) is 0 Å². The summed E-state index contributed by atoms with van der Waals surface area (Å²) in [5, 5.41) is 4.96. The molecule has 0 bridgehead atoms. The van der Waals surface area contributed by atoms with Crippen molar-refractivity contribution in [1.82, 2.24) is 4.98 Å². The Morgan fingerprint density at radius 3 is 2.33 bits per heavy atom. The monoisotopic (exact) mass is 273 g/mol. The van der Waals surface area contributed by atoms with Crippen LogP contribution in [0.2, 0.25) is 0 Å². The average molecular weight is 273 g/mol. The second kappa shape index (κ2) is 5.64. The van der Waals surface area contributed by atoms with E-state index in [1.54, 1.807) is 0 Å². The summed E-state index contributed by atoms with van der Waals surface area (Å²) in [5.41, 5.74) is 5.69. The van der Waals surface area contributed by atoms with Gasteiger partial charge >= 0.3 is 0 Å². The lowest BCUT2D eigenvalue weighted by Gasteiger charge is -2.26. The minimum absolute atomic E-state index is 0.0418. The summed E-state index contributed by atoms with van der Waals surface area (Å²) in [6, 6.07) is 2.82. The number of hydrogen-bond donors (Lipinski definition) is 2. The number of nitrogens with zero attached hydrogens (tertiary/aromatic N) is 1. The summed E-state index contributed by atoms with van der Waals surface area (Å²) >= 11 is 0. The van der Waals surface area contributed by atoms with E-state index in [2.05, 4.69) is 4.98 Å². The third-order valence-corrected chi connectivity index (χ3v) is 3.85. The lowest BCUT2D eigenvalue weighted by molar-refractivity contribution is 0.200. The number of ether oxygens (including phenoxy) is 1. The summed E-state index contributed by atoms with van der Waals surface area (Å²) in [6.07, 6.45) is 2.75. The molecule has 0 aliphatic rings. The summed E-state index contributed by atoms with van der Waals surface area (Å²) in [7, 11) is -3.71. The van der Waals surface area contributed by atoms with Crippen molar-refractivity contribution >= 4 is 10.0 Å². The summed E-state index contributed by atoms with van der Waals surface area (Å²) in [5.74, 6) is 0.333. The van der Waals surface area contributed by atoms with Gasteiger partial charge in [0.25, 0.3) is 0 Å². The maximum Gasteiger partial charge on any atom is 0.239 e. The molecule has 1 aromatic heterocycles. The maximum absolute atomic E-state index is 11.0. The standard InChI is InChI=1S/C11H19N3O3S/c1-3-11(12,4-2)8-17-10-6-5-9(7-14-10)18(13,15)16/h5-7H,3-4,8,12H2,1-2H3,(H2,13,15,16). The van der Waals surface area contributed by atoms with E-state index in [1.807, 2.05) is 13.8 Å². The van der Waals surface area contributed by atoms with E-state index in [0.717, 1.165) is 12.8 Å². The van der Waals surface area contributed by atoms with Crippen molar-refractivity contribution < 1.29 is 13.2 Å². The van der Waals surface area contributed by atoms with Crippen molar-refractivity contribution in [3.63, 3.8) is 0 Å². The van der Waals surface area contributed by atoms with Gasteiger partial charge in [-0.2, -0.15) is 0 Å². The first-order valence-corrected chi connectivity index (χ1v) is 7.26. The highest BCUT2D eigenvalue weighted by atomic mass is 32.2. The summed E-state index contributed by atoms with van der Waals surface area (Å²) in [4.78, 5) is 3.84. The van der Waals surface area contributed by atoms with Crippen LogP contribution in [0.4, 0.5) is 0 Å². The molecule has 0 unspecified atom stereocenters. The molecule has 0 aliphatic carbocycles. The van der Waals surface area contributed by atoms with Crippen LogP contribution in [0.5, 0.6) is 5.88 Å². The first-order chi connectivity index (χ1) is 8.30. The maximum atomic E-state index is 11.0. The lowest BCUT2D eigenvalue weighted by atomic mass is 9.96. The Bertz CT molecular complexity index is 481. The molecule has 0 aromatic carbocycles. The zero-order valence-corrected chi connectivity index (χ0v) is 11.4. The Kier molecular flexibility index (Phi) is 4.66. The fourth-order valence-electron chi connectivity index (χ4n) is 1.29. The minimum atomic E-state index is -3.71. The van der Waals surface area contributed by atoms with Gasteiger partial charge in [-0.15, -0.1) is 0 Å². The molecule has 0 aliphatic heterocycles. The van der Waals surface area contributed by atoms with Gasteiger partial charge in [-0.3, -0.25) is 0 Å². The van der Waals surface area contributed by atoms with Crippen molar-refractivity contribution in [2.45, 2.75) is 37.1 Å². The van der Waals surface area contributed by atoms with E-state index >= 15 is 0 Å². The Morgan fingerprint density at radius 2 is 1.94 bits per heavy atom. The van der Waals surface area contributed by atoms with Gasteiger partial charge in [0.1, 0.15) is 11.5 Å². The highest BCUT2D eigenvalue weighted by Gasteiger charge is 2.21. The molecule has 0 fully saturated rings. The number of rotatable bonds is 6. The van der Waals surface area contributed by atoms with Gasteiger partial charge in [0.2, 0.25) is 15.9 Å². The Balaban J connectivity index is 2.71. The third-order valence-electron chi connectivity index (χ3n) is 2.95. The number of primary sulfonamides is 1. The summed E-state index contributed by atoms with van der Waals surface area (Å²) < 4.78 is 27.5. The molecule has 1 aromatic rings. The van der Waals surface area contributed by atoms with Crippen molar-refractivity contribution in [2.75, 3.05) is 6.61 Å². The molecule has 1 rings (SSSR count). The molecule has 18 heavy (non-hydrogen) atoms. The second-order valence-corrected chi connectivity index (χ2v) is 5.80. The smallest absolute Gasteiger partial charge is 0.239 e. The number of aromatic nitrogens is 1. The highest BCUT2D eigenvalue weighted by Crippen LogP contribution is 2.15. The number of nitrogens with two attached hydrogens (primary N) is 2. The molecule has 0 amide bonds. The molecule has 0 radical (unpaired) electrons. The van der Waals surface area contributed by atoms with E-state index in [4.69, 9.17) is 15.6 Å².